The summed E-state index contributed by atoms with van der Waals surface area (Å²) in [6.45, 7) is 0.216. The van der Waals surface area contributed by atoms with Crippen LogP contribution < -0.4 is 5.32 Å². The minimum atomic E-state index is -4.82. The van der Waals surface area contributed by atoms with Crippen molar-refractivity contribution in [3.05, 3.63) is 100 Å². The highest BCUT2D eigenvalue weighted by molar-refractivity contribution is 7.90. The van der Waals surface area contributed by atoms with E-state index in [-0.39, 0.29) is 34.4 Å². The first-order valence-electron chi connectivity index (χ1n) is 11.3. The van der Waals surface area contributed by atoms with Gasteiger partial charge in [-0.3, -0.25) is 4.79 Å². The van der Waals surface area contributed by atoms with Gasteiger partial charge in [0.15, 0.2) is 15.9 Å². The summed E-state index contributed by atoms with van der Waals surface area (Å²) in [5.41, 5.74) is 1.68. The van der Waals surface area contributed by atoms with Gasteiger partial charge in [-0.15, -0.1) is 0 Å². The second-order valence-electron chi connectivity index (χ2n) is 8.82. The van der Waals surface area contributed by atoms with E-state index in [1.54, 1.807) is 28.8 Å². The standard InChI is InChI=1S/C27H21ClF3N3O3S/c1-38(36,37)21-9-4-17(5-10-21)13-25(35)33-26(27(29,30)31)23-16-34(15-18-2-7-20(28)8-3-18)24-12-19(14-32)6-11-22(23)24/h2-12,16,26H,13,15H2,1H3,(H,33,35). The fraction of sp³-hybridized carbons (Fsp3) is 0.185. The summed E-state index contributed by atoms with van der Waals surface area (Å²) in [4.78, 5) is 12.7. The summed E-state index contributed by atoms with van der Waals surface area (Å²) in [5.74, 6) is -0.883. The van der Waals surface area contributed by atoms with Gasteiger partial charge in [0, 0.05) is 40.5 Å². The molecule has 0 saturated carbocycles. The van der Waals surface area contributed by atoms with Crippen LogP contribution in [-0.4, -0.2) is 31.3 Å². The van der Waals surface area contributed by atoms with Gasteiger partial charge in [-0.25, -0.2) is 8.42 Å². The summed E-state index contributed by atoms with van der Waals surface area (Å²) >= 11 is 5.94. The van der Waals surface area contributed by atoms with Crippen LogP contribution in [0.4, 0.5) is 13.2 Å². The van der Waals surface area contributed by atoms with Gasteiger partial charge in [0.1, 0.15) is 0 Å². The molecule has 3 aromatic carbocycles. The molecule has 0 aliphatic carbocycles. The maximum Gasteiger partial charge on any atom is 0.412 e. The van der Waals surface area contributed by atoms with Crippen LogP contribution in [0.1, 0.15) is 28.3 Å². The number of aromatic nitrogens is 1. The van der Waals surface area contributed by atoms with Crippen LogP contribution in [0.5, 0.6) is 0 Å². The number of carbonyl (C=O) groups is 1. The lowest BCUT2D eigenvalue weighted by Crippen LogP contribution is -2.38. The van der Waals surface area contributed by atoms with E-state index in [1.807, 2.05) is 6.07 Å². The van der Waals surface area contributed by atoms with Gasteiger partial charge in [0.2, 0.25) is 5.91 Å². The maximum atomic E-state index is 14.3. The Labute approximate surface area is 222 Å². The molecule has 0 spiro atoms. The van der Waals surface area contributed by atoms with Crippen molar-refractivity contribution in [1.82, 2.24) is 9.88 Å². The molecular weight excluding hydrogens is 539 g/mol. The Morgan fingerprint density at radius 3 is 2.26 bits per heavy atom. The third kappa shape index (κ3) is 6.18. The van der Waals surface area contributed by atoms with Gasteiger partial charge >= 0.3 is 6.18 Å². The van der Waals surface area contributed by atoms with Gasteiger partial charge in [-0.2, -0.15) is 18.4 Å². The molecule has 1 heterocycles. The van der Waals surface area contributed by atoms with Crippen molar-refractivity contribution < 1.29 is 26.4 Å². The lowest BCUT2D eigenvalue weighted by molar-refractivity contribution is -0.163. The highest BCUT2D eigenvalue weighted by Crippen LogP contribution is 2.38. The van der Waals surface area contributed by atoms with Crippen molar-refractivity contribution in [3.63, 3.8) is 0 Å². The van der Waals surface area contributed by atoms with Crippen molar-refractivity contribution >= 4 is 38.2 Å². The number of amides is 1. The molecule has 0 aliphatic rings. The van der Waals surface area contributed by atoms with E-state index in [0.29, 0.717) is 16.1 Å². The van der Waals surface area contributed by atoms with E-state index >= 15 is 0 Å². The number of halogens is 4. The molecule has 6 nitrogen and oxygen atoms in total. The molecule has 0 aliphatic heterocycles. The Bertz CT molecular complexity index is 1640. The molecule has 4 rings (SSSR count). The van der Waals surface area contributed by atoms with Crippen molar-refractivity contribution in [3.8, 4) is 6.07 Å². The number of rotatable bonds is 7. The number of nitrogens with one attached hydrogen (secondary N) is 1. The SMILES string of the molecule is CS(=O)(=O)c1ccc(CC(=O)NC(c2cn(Cc3ccc(Cl)cc3)c3cc(C#N)ccc23)C(F)(F)F)cc1. The fourth-order valence-corrected chi connectivity index (χ4v) is 4.88. The Balaban J connectivity index is 1.68. The minimum absolute atomic E-state index is 0.0417. The molecule has 0 fully saturated rings. The first kappa shape index (κ1) is 27.2. The topological polar surface area (TPSA) is 92.0 Å². The zero-order chi connectivity index (χ0) is 27.7. The molecule has 1 atom stereocenters. The molecule has 0 bridgehead atoms. The lowest BCUT2D eigenvalue weighted by Gasteiger charge is -2.21. The molecule has 1 aromatic heterocycles. The van der Waals surface area contributed by atoms with Crippen LogP contribution in [0.3, 0.4) is 0 Å². The van der Waals surface area contributed by atoms with Gasteiger partial charge in [0.05, 0.1) is 22.9 Å². The molecule has 1 unspecified atom stereocenters. The van der Waals surface area contributed by atoms with Crippen LogP contribution in [0, 0.1) is 11.3 Å². The highest BCUT2D eigenvalue weighted by Gasteiger charge is 2.43. The summed E-state index contributed by atoms with van der Waals surface area (Å²) in [6, 6.07) is 16.3. The van der Waals surface area contributed by atoms with Crippen LogP contribution in [-0.2, 0) is 27.6 Å². The molecule has 0 saturated heterocycles. The Kier molecular flexibility index (Phi) is 7.54. The Hall–Kier alpha value is -3.81. The first-order chi connectivity index (χ1) is 17.8. The largest absolute Gasteiger partial charge is 0.412 e. The lowest BCUT2D eigenvalue weighted by atomic mass is 10.0. The third-order valence-electron chi connectivity index (χ3n) is 5.97. The average Bonchev–Trinajstić information content (AvgIpc) is 3.20. The molecular formula is C27H21ClF3N3O3S. The summed E-state index contributed by atoms with van der Waals surface area (Å²) in [5, 5.41) is 12.2. The van der Waals surface area contributed by atoms with Crippen LogP contribution in [0.15, 0.2) is 77.8 Å². The van der Waals surface area contributed by atoms with Crippen molar-refractivity contribution in [2.75, 3.05) is 6.26 Å². The maximum absolute atomic E-state index is 14.3. The number of carbonyl (C=O) groups excluding carboxylic acids is 1. The number of alkyl halides is 3. The van der Waals surface area contributed by atoms with E-state index in [2.05, 4.69) is 5.32 Å². The van der Waals surface area contributed by atoms with Gasteiger partial charge < -0.3 is 9.88 Å². The monoisotopic (exact) mass is 559 g/mol. The van der Waals surface area contributed by atoms with Gasteiger partial charge in [-0.1, -0.05) is 41.9 Å². The Morgan fingerprint density at radius 1 is 1.05 bits per heavy atom. The average molecular weight is 560 g/mol. The zero-order valence-electron chi connectivity index (χ0n) is 20.0. The van der Waals surface area contributed by atoms with E-state index in [4.69, 9.17) is 11.6 Å². The van der Waals surface area contributed by atoms with E-state index in [0.717, 1.165) is 11.8 Å². The number of fused-ring (bicyclic) bond motifs is 1. The number of nitriles is 1. The molecule has 1 amide bonds. The normalized spacial score (nSPS) is 12.7. The van der Waals surface area contributed by atoms with Crippen molar-refractivity contribution in [1.29, 1.82) is 5.26 Å². The summed E-state index contributed by atoms with van der Waals surface area (Å²) in [7, 11) is -3.45. The molecule has 1 N–H and O–H groups in total. The number of sulfone groups is 1. The summed E-state index contributed by atoms with van der Waals surface area (Å²) in [6.07, 6.45) is -2.83. The molecule has 0 radical (unpaired) electrons. The quantitative estimate of drug-likeness (QED) is 0.320. The van der Waals surface area contributed by atoms with E-state index in [9.17, 15) is 31.6 Å². The van der Waals surface area contributed by atoms with Gasteiger partial charge in [0.25, 0.3) is 0 Å². The molecule has 38 heavy (non-hydrogen) atoms. The molecule has 11 heteroatoms. The number of hydrogen-bond acceptors (Lipinski definition) is 4. The predicted octanol–water partition coefficient (Wildman–Crippen LogP) is 5.58. The smallest absolute Gasteiger partial charge is 0.343 e. The first-order valence-corrected chi connectivity index (χ1v) is 13.5. The van der Waals surface area contributed by atoms with E-state index < -0.39 is 28.0 Å². The minimum Gasteiger partial charge on any atom is -0.343 e. The van der Waals surface area contributed by atoms with Crippen molar-refractivity contribution in [2.24, 2.45) is 0 Å². The molecule has 4 aromatic rings. The summed E-state index contributed by atoms with van der Waals surface area (Å²) < 4.78 is 67.7. The van der Waals surface area contributed by atoms with Crippen molar-refractivity contribution in [2.45, 2.75) is 30.1 Å². The second-order valence-corrected chi connectivity index (χ2v) is 11.3. The number of benzene rings is 3. The van der Waals surface area contributed by atoms with Crippen LogP contribution >= 0.6 is 11.6 Å². The number of nitrogens with zero attached hydrogens (tertiary/aromatic N) is 2. The van der Waals surface area contributed by atoms with Gasteiger partial charge in [-0.05, 0) is 47.5 Å². The Morgan fingerprint density at radius 2 is 1.68 bits per heavy atom. The van der Waals surface area contributed by atoms with Crippen LogP contribution in [0.25, 0.3) is 10.9 Å². The zero-order valence-corrected chi connectivity index (χ0v) is 21.5. The fourth-order valence-electron chi connectivity index (χ4n) is 4.13. The second kappa shape index (κ2) is 10.5. The van der Waals surface area contributed by atoms with Crippen LogP contribution in [0.2, 0.25) is 5.02 Å². The number of hydrogen-bond donors (Lipinski definition) is 1. The third-order valence-corrected chi connectivity index (χ3v) is 7.35. The van der Waals surface area contributed by atoms with E-state index in [1.165, 1.54) is 48.7 Å². The molecule has 196 valence electrons. The highest BCUT2D eigenvalue weighted by atomic mass is 35.5. The predicted molar refractivity (Wildman–Crippen MR) is 137 cm³/mol.